The topological polar surface area (TPSA) is 85.1 Å². The Bertz CT molecular complexity index is 673. The SMILES string of the molecule is Cc1cnc(CNS(=O)(=O)c2c(C)cccc2N)s1. The van der Waals surface area contributed by atoms with Crippen LogP contribution in [0.15, 0.2) is 29.3 Å². The van der Waals surface area contributed by atoms with Crippen LogP contribution in [-0.4, -0.2) is 13.4 Å². The van der Waals surface area contributed by atoms with Gasteiger partial charge < -0.3 is 5.73 Å². The molecule has 1 heterocycles. The monoisotopic (exact) mass is 297 g/mol. The first-order chi connectivity index (χ1) is 8.90. The number of anilines is 1. The number of sulfonamides is 1. The fourth-order valence-electron chi connectivity index (χ4n) is 1.75. The van der Waals surface area contributed by atoms with E-state index in [1.54, 1.807) is 31.3 Å². The van der Waals surface area contributed by atoms with Gasteiger partial charge in [0, 0.05) is 11.1 Å². The van der Waals surface area contributed by atoms with Crippen molar-refractivity contribution in [2.24, 2.45) is 0 Å². The number of benzene rings is 1. The summed E-state index contributed by atoms with van der Waals surface area (Å²) in [5.74, 6) is 0. The summed E-state index contributed by atoms with van der Waals surface area (Å²) in [4.78, 5) is 5.31. The van der Waals surface area contributed by atoms with Crippen molar-refractivity contribution in [2.45, 2.75) is 25.3 Å². The molecule has 0 fully saturated rings. The normalized spacial score (nSPS) is 11.7. The number of nitrogens with two attached hydrogens (primary N) is 1. The van der Waals surface area contributed by atoms with Crippen molar-refractivity contribution in [2.75, 3.05) is 5.73 Å². The van der Waals surface area contributed by atoms with E-state index in [-0.39, 0.29) is 17.1 Å². The zero-order valence-electron chi connectivity index (χ0n) is 10.7. The fourth-order valence-corrected chi connectivity index (χ4v) is 3.91. The van der Waals surface area contributed by atoms with Crippen LogP contribution < -0.4 is 10.5 Å². The van der Waals surface area contributed by atoms with E-state index in [2.05, 4.69) is 9.71 Å². The van der Waals surface area contributed by atoms with Crippen LogP contribution in [0.5, 0.6) is 0 Å². The molecule has 0 aliphatic heterocycles. The molecular formula is C12H15N3O2S2. The lowest BCUT2D eigenvalue weighted by Gasteiger charge is -2.10. The number of nitrogens with zero attached hydrogens (tertiary/aromatic N) is 1. The van der Waals surface area contributed by atoms with Gasteiger partial charge in [-0.2, -0.15) is 0 Å². The summed E-state index contributed by atoms with van der Waals surface area (Å²) in [6.07, 6.45) is 1.72. The molecule has 3 N–H and O–H groups in total. The van der Waals surface area contributed by atoms with E-state index in [1.165, 1.54) is 11.3 Å². The van der Waals surface area contributed by atoms with Crippen LogP contribution in [0, 0.1) is 13.8 Å². The highest BCUT2D eigenvalue weighted by Crippen LogP contribution is 2.22. The Morgan fingerprint density at radius 2 is 2.11 bits per heavy atom. The summed E-state index contributed by atoms with van der Waals surface area (Å²) in [6.45, 7) is 3.82. The summed E-state index contributed by atoms with van der Waals surface area (Å²) < 4.78 is 27.0. The van der Waals surface area contributed by atoms with Crippen molar-refractivity contribution >= 4 is 27.0 Å². The number of thiazole rings is 1. The minimum Gasteiger partial charge on any atom is -0.398 e. The maximum absolute atomic E-state index is 12.2. The average Bonchev–Trinajstić information content (AvgIpc) is 2.72. The van der Waals surface area contributed by atoms with Crippen LogP contribution in [0.4, 0.5) is 5.69 Å². The van der Waals surface area contributed by atoms with Crippen molar-refractivity contribution in [3.8, 4) is 0 Å². The van der Waals surface area contributed by atoms with Crippen molar-refractivity contribution in [3.63, 3.8) is 0 Å². The van der Waals surface area contributed by atoms with Gasteiger partial charge in [-0.05, 0) is 25.5 Å². The molecule has 0 spiro atoms. The standard InChI is InChI=1S/C12H15N3O2S2/c1-8-4-3-5-10(13)12(8)19(16,17)15-7-11-14-6-9(2)18-11/h3-6,15H,7,13H2,1-2H3. The zero-order valence-corrected chi connectivity index (χ0v) is 12.3. The minimum atomic E-state index is -3.62. The first kappa shape index (κ1) is 14.0. The van der Waals surface area contributed by atoms with E-state index in [1.807, 2.05) is 6.92 Å². The lowest BCUT2D eigenvalue weighted by atomic mass is 10.2. The maximum Gasteiger partial charge on any atom is 0.243 e. The summed E-state index contributed by atoms with van der Waals surface area (Å²) >= 11 is 1.46. The molecule has 19 heavy (non-hydrogen) atoms. The van der Waals surface area contributed by atoms with Gasteiger partial charge in [0.15, 0.2) is 0 Å². The van der Waals surface area contributed by atoms with E-state index in [0.29, 0.717) is 5.56 Å². The van der Waals surface area contributed by atoms with E-state index in [0.717, 1.165) is 9.88 Å². The number of aromatic nitrogens is 1. The predicted octanol–water partition coefficient (Wildman–Crippen LogP) is 1.82. The van der Waals surface area contributed by atoms with Crippen molar-refractivity contribution < 1.29 is 8.42 Å². The highest BCUT2D eigenvalue weighted by molar-refractivity contribution is 7.89. The number of rotatable bonds is 4. The molecule has 7 heteroatoms. The van der Waals surface area contributed by atoms with Gasteiger partial charge in [-0.25, -0.2) is 18.1 Å². The molecule has 0 aliphatic rings. The molecule has 1 aromatic heterocycles. The Balaban J connectivity index is 2.23. The third-order valence-corrected chi connectivity index (χ3v) is 5.13. The van der Waals surface area contributed by atoms with Gasteiger partial charge in [0.25, 0.3) is 0 Å². The van der Waals surface area contributed by atoms with E-state index in [9.17, 15) is 8.42 Å². The Morgan fingerprint density at radius 3 is 2.68 bits per heavy atom. The van der Waals surface area contributed by atoms with Crippen LogP contribution >= 0.6 is 11.3 Å². The lowest BCUT2D eigenvalue weighted by Crippen LogP contribution is -2.24. The smallest absolute Gasteiger partial charge is 0.243 e. The third-order valence-electron chi connectivity index (χ3n) is 2.59. The van der Waals surface area contributed by atoms with Gasteiger partial charge >= 0.3 is 0 Å². The minimum absolute atomic E-state index is 0.142. The number of nitrogens with one attached hydrogen (secondary N) is 1. The van der Waals surface area contributed by atoms with Crippen LogP contribution in [0.3, 0.4) is 0 Å². The number of nitrogen functional groups attached to an aromatic ring is 1. The molecule has 0 unspecified atom stereocenters. The molecule has 1 aromatic carbocycles. The van der Waals surface area contributed by atoms with Gasteiger partial charge in [0.05, 0.1) is 12.2 Å². The molecule has 0 saturated carbocycles. The van der Waals surface area contributed by atoms with Crippen LogP contribution in [0.1, 0.15) is 15.4 Å². The molecule has 5 nitrogen and oxygen atoms in total. The highest BCUT2D eigenvalue weighted by atomic mass is 32.2. The van der Waals surface area contributed by atoms with E-state index < -0.39 is 10.0 Å². The average molecular weight is 297 g/mol. The molecule has 0 atom stereocenters. The second kappa shape index (κ2) is 5.28. The zero-order chi connectivity index (χ0) is 14.0. The Labute approximate surface area is 116 Å². The van der Waals surface area contributed by atoms with Gasteiger partial charge in [0.1, 0.15) is 9.90 Å². The van der Waals surface area contributed by atoms with Crippen LogP contribution in [0.2, 0.25) is 0 Å². The van der Waals surface area contributed by atoms with Crippen LogP contribution in [-0.2, 0) is 16.6 Å². The number of hydrogen-bond donors (Lipinski definition) is 2. The molecule has 0 saturated heterocycles. The van der Waals surface area contributed by atoms with E-state index in [4.69, 9.17) is 5.73 Å². The van der Waals surface area contributed by atoms with Crippen molar-refractivity contribution in [1.29, 1.82) is 0 Å². The summed E-state index contributed by atoms with van der Waals surface area (Å²) in [6, 6.07) is 5.03. The molecule has 0 bridgehead atoms. The summed E-state index contributed by atoms with van der Waals surface area (Å²) in [7, 11) is -3.62. The molecule has 0 amide bonds. The Kier molecular flexibility index (Phi) is 3.88. The van der Waals surface area contributed by atoms with Crippen LogP contribution in [0.25, 0.3) is 0 Å². The summed E-state index contributed by atoms with van der Waals surface area (Å²) in [5.41, 5.74) is 6.63. The van der Waals surface area contributed by atoms with Crippen molar-refractivity contribution in [1.82, 2.24) is 9.71 Å². The highest BCUT2D eigenvalue weighted by Gasteiger charge is 2.19. The van der Waals surface area contributed by atoms with Crippen molar-refractivity contribution in [3.05, 3.63) is 39.8 Å². The second-order valence-corrected chi connectivity index (χ2v) is 7.21. The number of aryl methyl sites for hydroxylation is 2. The van der Waals surface area contributed by atoms with Gasteiger partial charge in [-0.3, -0.25) is 0 Å². The third kappa shape index (κ3) is 3.12. The lowest BCUT2D eigenvalue weighted by molar-refractivity contribution is 0.581. The van der Waals surface area contributed by atoms with Gasteiger partial charge in [-0.15, -0.1) is 11.3 Å². The molecule has 102 valence electrons. The first-order valence-electron chi connectivity index (χ1n) is 5.66. The molecule has 2 aromatic rings. The van der Waals surface area contributed by atoms with Gasteiger partial charge in [0.2, 0.25) is 10.0 Å². The largest absolute Gasteiger partial charge is 0.398 e. The first-order valence-corrected chi connectivity index (χ1v) is 7.96. The molecule has 0 aliphatic carbocycles. The fraction of sp³-hybridized carbons (Fsp3) is 0.250. The maximum atomic E-state index is 12.2. The van der Waals surface area contributed by atoms with E-state index >= 15 is 0 Å². The second-order valence-electron chi connectivity index (χ2n) is 4.18. The number of hydrogen-bond acceptors (Lipinski definition) is 5. The Hall–Kier alpha value is -1.44. The quantitative estimate of drug-likeness (QED) is 0.843. The Morgan fingerprint density at radius 1 is 1.37 bits per heavy atom. The molecule has 2 rings (SSSR count). The summed E-state index contributed by atoms with van der Waals surface area (Å²) in [5, 5.41) is 0.730. The van der Waals surface area contributed by atoms with Gasteiger partial charge in [-0.1, -0.05) is 12.1 Å². The predicted molar refractivity (Wildman–Crippen MR) is 76.5 cm³/mol. The molecule has 0 radical (unpaired) electrons. The molecular weight excluding hydrogens is 282 g/mol.